The Morgan fingerprint density at radius 3 is 1.39 bits per heavy atom. The SMILES string of the molecule is Nc1c(N=Nc2cc3c(O)c(N=Nc4ccc([N+](=O)[O-])cc4SOOO)c(S(=O)(=O)O)cc3cc2SOOO)cc(S(=O)(=O)O)c2cc(SOOO)c(N=Nc3ccc4c(O)c(N=Nc5ccc([N+](=O)[O-])cc5S(=O)(=O)O)c(SOOO)cc4c3S(=O)(=O)O)c(O)c12. The molecule has 42 nitrogen and oxygen atoms in total. The van der Waals surface area contributed by atoms with Crippen LogP contribution in [0, 0.1) is 20.2 Å². The molecule has 13 N–H and O–H groups in total. The van der Waals surface area contributed by atoms with Crippen molar-refractivity contribution in [3.05, 3.63) is 105 Å². The summed E-state index contributed by atoms with van der Waals surface area (Å²) in [6.07, 6.45) is 0. The second kappa shape index (κ2) is 28.2. The number of aromatic hydroxyl groups is 3. The Balaban J connectivity index is 1.29. The van der Waals surface area contributed by atoms with Gasteiger partial charge < -0.3 is 21.1 Å². The summed E-state index contributed by atoms with van der Waals surface area (Å²) in [5.41, 5.74) is -1.54. The van der Waals surface area contributed by atoms with E-state index in [0.717, 1.165) is 72.8 Å². The van der Waals surface area contributed by atoms with Crippen molar-refractivity contribution in [3.8, 4) is 17.2 Å². The highest BCUT2D eigenvalue weighted by molar-refractivity contribution is 7.95. The second-order valence-electron chi connectivity index (χ2n) is 16.9. The number of hydrogen-bond donors (Lipinski definition) is 12. The van der Waals surface area contributed by atoms with Crippen LogP contribution in [0.4, 0.5) is 62.6 Å². The molecule has 0 saturated carbocycles. The Kier molecular flexibility index (Phi) is 21.2. The van der Waals surface area contributed by atoms with E-state index >= 15 is 0 Å². The molecule has 8 rings (SSSR count). The van der Waals surface area contributed by atoms with Gasteiger partial charge in [0.2, 0.25) is 0 Å². The molecule has 0 heterocycles. The van der Waals surface area contributed by atoms with Crippen LogP contribution in [0.5, 0.6) is 17.2 Å². The molecule has 50 heteroatoms. The zero-order valence-electron chi connectivity index (χ0n) is 43.5. The fourth-order valence-electron chi connectivity index (χ4n) is 7.96. The lowest BCUT2D eigenvalue weighted by molar-refractivity contribution is -0.432. The first-order valence-corrected chi connectivity index (χ1v) is 31.6. The van der Waals surface area contributed by atoms with Gasteiger partial charge in [-0.05, 0) is 66.0 Å². The highest BCUT2D eigenvalue weighted by Gasteiger charge is 2.30. The minimum Gasteiger partial charge on any atom is -0.505 e. The van der Waals surface area contributed by atoms with E-state index in [1.165, 1.54) is 0 Å². The van der Waals surface area contributed by atoms with Crippen LogP contribution < -0.4 is 5.73 Å². The monoisotopic (exact) mass is 1440 g/mol. The molecule has 0 unspecified atom stereocenters. The van der Waals surface area contributed by atoms with E-state index < -0.39 is 181 Å². The number of phenolic OH excluding ortho intramolecular Hbond substituents is 3. The third-order valence-electron chi connectivity index (χ3n) is 11.7. The number of benzene rings is 8. The van der Waals surface area contributed by atoms with Gasteiger partial charge in [0.1, 0.15) is 65.1 Å². The predicted molar refractivity (Wildman–Crippen MR) is 306 cm³/mol. The summed E-state index contributed by atoms with van der Waals surface area (Å²) in [5, 5.41) is 135. The zero-order valence-corrected chi connectivity index (χ0v) is 50.0. The van der Waals surface area contributed by atoms with Gasteiger partial charge in [-0.3, -0.25) is 38.4 Å². The topological polar surface area (TPSA) is 644 Å². The Hall–Kier alpha value is -8.50. The van der Waals surface area contributed by atoms with Crippen molar-refractivity contribution in [2.24, 2.45) is 40.9 Å². The number of nitrogens with two attached hydrogens (primary N) is 1. The predicted octanol–water partition coefficient (Wildman–Crippen LogP) is 12.0. The number of nitro benzene ring substituents is 2. The first kappa shape index (κ1) is 69.4. The first-order chi connectivity index (χ1) is 43.3. The lowest BCUT2D eigenvalue weighted by Gasteiger charge is -2.15. The maximum atomic E-state index is 13.3. The van der Waals surface area contributed by atoms with Crippen LogP contribution >= 0.6 is 48.2 Å². The van der Waals surface area contributed by atoms with Gasteiger partial charge in [-0.25, -0.2) is 21.0 Å². The van der Waals surface area contributed by atoms with Crippen molar-refractivity contribution in [2.45, 2.75) is 39.2 Å². The quantitative estimate of drug-likeness (QED) is 0.00456. The van der Waals surface area contributed by atoms with Gasteiger partial charge in [0, 0.05) is 45.8 Å². The van der Waals surface area contributed by atoms with Gasteiger partial charge in [-0.2, -0.15) is 33.7 Å². The van der Waals surface area contributed by atoms with E-state index in [1.807, 2.05) is 0 Å². The van der Waals surface area contributed by atoms with E-state index in [4.69, 9.17) is 26.8 Å². The van der Waals surface area contributed by atoms with E-state index in [-0.39, 0.29) is 69.0 Å². The maximum Gasteiger partial charge on any atom is 0.297 e. The highest BCUT2D eigenvalue weighted by Crippen LogP contribution is 2.53. The van der Waals surface area contributed by atoms with Crippen molar-refractivity contribution < 1.29 is 136 Å². The second-order valence-corrected chi connectivity index (χ2v) is 25.4. The van der Waals surface area contributed by atoms with Crippen LogP contribution in [0.25, 0.3) is 32.3 Å². The summed E-state index contributed by atoms with van der Waals surface area (Å²) < 4.78 is 161. The summed E-state index contributed by atoms with van der Waals surface area (Å²) in [4.78, 5) is 14.5. The number of fused-ring (bicyclic) bond motifs is 3. The zero-order chi connectivity index (χ0) is 67.4. The van der Waals surface area contributed by atoms with E-state index in [1.54, 1.807) is 0 Å². The number of nitro groups is 2. The maximum absolute atomic E-state index is 13.3. The normalized spacial score (nSPS) is 12.7. The van der Waals surface area contributed by atoms with Crippen molar-refractivity contribution in [3.63, 3.8) is 0 Å². The standard InChI is InChI=1S/C42H27N11O31S8/c43-35-26(48-47-25-11-19-15(7-27(25)85-81-77-61)8-33(91(71,72)73)38(40(19)55)51-44-22-4-1-16(52(57)58)9-28(22)86-82-78-62)14-31(89(65,66)67)21-13-30(88-84-80-64)37(41(56)34(21)35)50-46-24-6-3-18-20(42(24)92(74,75)76)12-29(87-83-79-63)36(39(18)54)49-45-23-5-2-17(53(59)60)10-32(23)90(68,69)70/h1-14,54-56,61-64H,43H2,(H,65,66,67)(H,68,69,70)(H,71,72,73)(H,74,75,76). The Bertz CT molecular complexity index is 4970. The minimum absolute atomic E-state index is 0.0383. The molecule has 8 aromatic rings. The number of phenols is 3. The first-order valence-electron chi connectivity index (χ1n) is 22.8. The molecule has 0 aliphatic carbocycles. The van der Waals surface area contributed by atoms with Gasteiger partial charge in [-0.1, -0.05) is 20.2 Å². The van der Waals surface area contributed by atoms with Crippen molar-refractivity contribution in [1.82, 2.24) is 0 Å². The molecule has 0 fully saturated rings. The van der Waals surface area contributed by atoms with Crippen molar-refractivity contribution in [1.29, 1.82) is 0 Å². The van der Waals surface area contributed by atoms with Crippen LogP contribution in [0.1, 0.15) is 0 Å². The molecule has 0 saturated heterocycles. The smallest absolute Gasteiger partial charge is 0.297 e. The van der Waals surface area contributed by atoms with E-state index in [9.17, 15) is 87.4 Å². The molecule has 0 bridgehead atoms. The largest absolute Gasteiger partial charge is 0.505 e. The lowest BCUT2D eigenvalue weighted by Crippen LogP contribution is -2.02. The lowest BCUT2D eigenvalue weighted by atomic mass is 10.0. The van der Waals surface area contributed by atoms with Gasteiger partial charge in [0.25, 0.3) is 51.8 Å². The van der Waals surface area contributed by atoms with Crippen LogP contribution in [-0.2, 0) is 78.0 Å². The summed E-state index contributed by atoms with van der Waals surface area (Å²) >= 11 is 0.193. The molecule has 0 radical (unpaired) electrons. The molecule has 0 amide bonds. The van der Waals surface area contributed by atoms with E-state index in [2.05, 4.69) is 78.4 Å². The van der Waals surface area contributed by atoms with Gasteiger partial charge >= 0.3 is 0 Å². The molecule has 0 spiro atoms. The van der Waals surface area contributed by atoms with Gasteiger partial charge in [0.15, 0.2) is 17.2 Å². The Morgan fingerprint density at radius 1 is 0.402 bits per heavy atom. The van der Waals surface area contributed by atoms with Gasteiger partial charge in [-0.15, -0.1) is 58.2 Å². The summed E-state index contributed by atoms with van der Waals surface area (Å²) in [6, 6.07) is 11.1. The van der Waals surface area contributed by atoms with Crippen LogP contribution in [0.3, 0.4) is 0 Å². The number of azo groups is 4. The molecule has 92 heavy (non-hydrogen) atoms. The number of rotatable bonds is 26. The molecule has 0 aliphatic heterocycles. The Morgan fingerprint density at radius 2 is 0.848 bits per heavy atom. The van der Waals surface area contributed by atoms with Crippen LogP contribution in [-0.4, -0.2) is 98.1 Å². The third-order valence-corrected chi connectivity index (χ3v) is 17.8. The number of nitrogen functional groups attached to an aromatic ring is 1. The third kappa shape index (κ3) is 15.2. The fraction of sp³-hybridized carbons (Fsp3) is 0. The molecule has 0 aromatic heterocycles. The van der Waals surface area contributed by atoms with Crippen LogP contribution in [0.2, 0.25) is 0 Å². The molecule has 8 aromatic carbocycles. The minimum atomic E-state index is -5.61. The number of hydrogen-bond acceptors (Lipinski definition) is 40. The van der Waals surface area contributed by atoms with E-state index in [0.29, 0.717) is 12.1 Å². The van der Waals surface area contributed by atoms with Crippen LogP contribution in [0.15, 0.2) is 165 Å². The van der Waals surface area contributed by atoms with Crippen molar-refractivity contribution in [2.75, 3.05) is 5.73 Å². The summed E-state index contributed by atoms with van der Waals surface area (Å²) in [6.45, 7) is 0. The molecule has 0 atom stereocenters. The average Bonchev–Trinajstić information content (AvgIpc) is 0.757. The molecular weight excluding hydrogens is 1410 g/mol. The Labute approximate surface area is 524 Å². The average molecular weight is 1440 g/mol. The van der Waals surface area contributed by atoms with Gasteiger partial charge in [0.05, 0.1) is 88.7 Å². The molecule has 0 aliphatic rings. The summed E-state index contributed by atoms with van der Waals surface area (Å²) in [5.74, 6) is -3.40. The summed E-state index contributed by atoms with van der Waals surface area (Å²) in [7, 11) is -21.7. The number of non-ortho nitro benzene ring substituents is 2. The molecule has 484 valence electrons. The highest BCUT2D eigenvalue weighted by atomic mass is 32.2. The number of nitrogens with zero attached hydrogens (tertiary/aromatic N) is 10. The number of anilines is 1. The fourth-order valence-corrected chi connectivity index (χ4v) is 12.7. The molecular formula is C42H27N11O31S8. The van der Waals surface area contributed by atoms with Crippen molar-refractivity contribution >= 4 is 184 Å².